The Morgan fingerprint density at radius 3 is 2.67 bits per heavy atom. The van der Waals surface area contributed by atoms with Gasteiger partial charge in [-0.05, 0) is 48.4 Å². The summed E-state index contributed by atoms with van der Waals surface area (Å²) in [5, 5.41) is 5.98. The third kappa shape index (κ3) is 3.99. The molecule has 0 saturated heterocycles. The number of amides is 1. The number of rotatable bonds is 5. The second-order valence-electron chi connectivity index (χ2n) is 7.72. The summed E-state index contributed by atoms with van der Waals surface area (Å²) in [6.07, 6.45) is 4.45. The molecule has 3 aromatic carbocycles. The Hall–Kier alpha value is -4.32. The van der Waals surface area contributed by atoms with Crippen molar-refractivity contribution in [3.05, 3.63) is 102 Å². The fourth-order valence-corrected chi connectivity index (χ4v) is 3.99. The summed E-state index contributed by atoms with van der Waals surface area (Å²) in [7, 11) is 0. The zero-order valence-electron chi connectivity index (χ0n) is 18.0. The van der Waals surface area contributed by atoms with Crippen molar-refractivity contribution in [2.24, 2.45) is 5.10 Å². The SMILES string of the molecule is CCc1cccc2c(C=NNC(=O)c3cc(-c4ccc(F)cc4)nc4ccccc34)c[nH]c12. The van der Waals surface area contributed by atoms with Gasteiger partial charge in [0.2, 0.25) is 0 Å². The van der Waals surface area contributed by atoms with Crippen molar-refractivity contribution in [2.45, 2.75) is 13.3 Å². The van der Waals surface area contributed by atoms with Gasteiger partial charge < -0.3 is 4.98 Å². The molecule has 0 atom stereocenters. The zero-order valence-corrected chi connectivity index (χ0v) is 18.0. The predicted octanol–water partition coefficient (Wildman–Crippen LogP) is 5.85. The first-order valence-electron chi connectivity index (χ1n) is 10.7. The Morgan fingerprint density at radius 2 is 1.85 bits per heavy atom. The maximum Gasteiger partial charge on any atom is 0.272 e. The third-order valence-corrected chi connectivity index (χ3v) is 5.69. The average Bonchev–Trinajstić information content (AvgIpc) is 3.27. The molecule has 2 aromatic heterocycles. The lowest BCUT2D eigenvalue weighted by Crippen LogP contribution is -2.18. The van der Waals surface area contributed by atoms with Crippen molar-refractivity contribution in [1.29, 1.82) is 0 Å². The van der Waals surface area contributed by atoms with E-state index in [1.807, 2.05) is 42.6 Å². The van der Waals surface area contributed by atoms with Crippen LogP contribution < -0.4 is 5.43 Å². The van der Waals surface area contributed by atoms with E-state index >= 15 is 0 Å². The van der Waals surface area contributed by atoms with Crippen molar-refractivity contribution >= 4 is 33.9 Å². The monoisotopic (exact) mass is 436 g/mol. The molecule has 6 heteroatoms. The topological polar surface area (TPSA) is 70.1 Å². The molecule has 1 amide bonds. The summed E-state index contributed by atoms with van der Waals surface area (Å²) < 4.78 is 13.4. The molecule has 0 fully saturated rings. The third-order valence-electron chi connectivity index (χ3n) is 5.69. The van der Waals surface area contributed by atoms with Crippen LogP contribution in [0.4, 0.5) is 4.39 Å². The standard InChI is InChI=1S/C27H21FN4O/c1-2-17-6-5-8-21-19(15-29-26(17)21)16-30-32-27(33)23-14-25(18-10-12-20(28)13-11-18)31-24-9-4-3-7-22(23)24/h3-16,29H,2H2,1H3,(H,32,33). The van der Waals surface area contributed by atoms with Crippen LogP contribution in [0.3, 0.4) is 0 Å². The summed E-state index contributed by atoms with van der Waals surface area (Å²) in [4.78, 5) is 21.0. The van der Waals surface area contributed by atoms with Crippen LogP contribution in [0.15, 0.2) is 84.1 Å². The van der Waals surface area contributed by atoms with E-state index in [1.165, 1.54) is 17.7 Å². The maximum absolute atomic E-state index is 13.4. The highest BCUT2D eigenvalue weighted by atomic mass is 19.1. The minimum atomic E-state index is -0.345. The molecule has 162 valence electrons. The van der Waals surface area contributed by atoms with Gasteiger partial charge in [-0.3, -0.25) is 4.79 Å². The van der Waals surface area contributed by atoms with Gasteiger partial charge in [-0.1, -0.05) is 43.3 Å². The van der Waals surface area contributed by atoms with E-state index in [-0.39, 0.29) is 11.7 Å². The summed E-state index contributed by atoms with van der Waals surface area (Å²) in [5.41, 5.74) is 8.29. The van der Waals surface area contributed by atoms with E-state index in [1.54, 1.807) is 24.4 Å². The van der Waals surface area contributed by atoms with Crippen LogP contribution in [-0.2, 0) is 6.42 Å². The Labute approximate surface area is 190 Å². The van der Waals surface area contributed by atoms with Crippen molar-refractivity contribution < 1.29 is 9.18 Å². The van der Waals surface area contributed by atoms with Crippen LogP contribution in [0, 0.1) is 5.82 Å². The number of hydrogen-bond acceptors (Lipinski definition) is 3. The normalized spacial score (nSPS) is 11.5. The number of nitrogens with one attached hydrogen (secondary N) is 2. The first-order chi connectivity index (χ1) is 16.1. The van der Waals surface area contributed by atoms with Gasteiger partial charge in [0.05, 0.1) is 23.0 Å². The van der Waals surface area contributed by atoms with Crippen LogP contribution in [0.2, 0.25) is 0 Å². The van der Waals surface area contributed by atoms with E-state index < -0.39 is 0 Å². The molecule has 0 aliphatic rings. The number of benzene rings is 3. The lowest BCUT2D eigenvalue weighted by molar-refractivity contribution is 0.0956. The molecule has 2 heterocycles. The van der Waals surface area contributed by atoms with Crippen LogP contribution in [0.1, 0.15) is 28.4 Å². The number of para-hydroxylation sites is 2. The van der Waals surface area contributed by atoms with Gasteiger partial charge in [-0.15, -0.1) is 0 Å². The number of hydrazone groups is 1. The molecule has 5 rings (SSSR count). The highest BCUT2D eigenvalue weighted by Crippen LogP contribution is 2.25. The van der Waals surface area contributed by atoms with E-state index in [0.717, 1.165) is 33.8 Å². The number of halogens is 1. The largest absolute Gasteiger partial charge is 0.360 e. The number of aromatic amines is 1. The fraction of sp³-hybridized carbons (Fsp3) is 0.0741. The number of aromatic nitrogens is 2. The lowest BCUT2D eigenvalue weighted by Gasteiger charge is -2.09. The van der Waals surface area contributed by atoms with Crippen LogP contribution in [0.25, 0.3) is 33.1 Å². The Morgan fingerprint density at radius 1 is 1.06 bits per heavy atom. The number of H-pyrrole nitrogens is 1. The molecular formula is C27H21FN4O. The lowest BCUT2D eigenvalue weighted by atomic mass is 10.0. The summed E-state index contributed by atoms with van der Waals surface area (Å²) >= 11 is 0. The molecule has 0 aliphatic carbocycles. The minimum Gasteiger partial charge on any atom is -0.360 e. The molecule has 0 radical (unpaired) electrons. The Balaban J connectivity index is 1.46. The van der Waals surface area contributed by atoms with Gasteiger partial charge in [-0.25, -0.2) is 14.8 Å². The smallest absolute Gasteiger partial charge is 0.272 e. The molecule has 0 unspecified atom stereocenters. The van der Waals surface area contributed by atoms with Crippen molar-refractivity contribution in [3.8, 4) is 11.3 Å². The van der Waals surface area contributed by atoms with E-state index in [4.69, 9.17) is 0 Å². The predicted molar refractivity (Wildman–Crippen MR) is 130 cm³/mol. The summed E-state index contributed by atoms with van der Waals surface area (Å²) in [6, 6.07) is 21.3. The number of aryl methyl sites for hydroxylation is 1. The summed E-state index contributed by atoms with van der Waals surface area (Å²) in [5.74, 6) is -0.669. The molecule has 5 nitrogen and oxygen atoms in total. The average molecular weight is 436 g/mol. The molecule has 0 spiro atoms. The maximum atomic E-state index is 13.4. The Bertz CT molecular complexity index is 1500. The highest BCUT2D eigenvalue weighted by Gasteiger charge is 2.14. The molecular weight excluding hydrogens is 415 g/mol. The van der Waals surface area contributed by atoms with Gasteiger partial charge in [0.25, 0.3) is 5.91 Å². The van der Waals surface area contributed by atoms with E-state index in [9.17, 15) is 9.18 Å². The zero-order chi connectivity index (χ0) is 22.8. The molecule has 0 aliphatic heterocycles. The number of carbonyl (C=O) groups is 1. The number of fused-ring (bicyclic) bond motifs is 2. The number of hydrogen-bond donors (Lipinski definition) is 2. The fourth-order valence-electron chi connectivity index (χ4n) is 3.99. The molecule has 0 saturated carbocycles. The van der Waals surface area contributed by atoms with Gasteiger partial charge in [0.1, 0.15) is 5.82 Å². The molecule has 33 heavy (non-hydrogen) atoms. The van der Waals surface area contributed by atoms with Gasteiger partial charge in [0.15, 0.2) is 0 Å². The Kier molecular flexibility index (Phi) is 5.40. The molecule has 0 bridgehead atoms. The van der Waals surface area contributed by atoms with Gasteiger partial charge in [0, 0.05) is 33.6 Å². The van der Waals surface area contributed by atoms with Crippen LogP contribution in [-0.4, -0.2) is 22.1 Å². The number of pyridine rings is 1. The van der Waals surface area contributed by atoms with Crippen molar-refractivity contribution in [2.75, 3.05) is 0 Å². The van der Waals surface area contributed by atoms with Crippen LogP contribution >= 0.6 is 0 Å². The van der Waals surface area contributed by atoms with Crippen molar-refractivity contribution in [3.63, 3.8) is 0 Å². The second-order valence-corrected chi connectivity index (χ2v) is 7.72. The molecule has 2 N–H and O–H groups in total. The molecule has 5 aromatic rings. The van der Waals surface area contributed by atoms with Crippen LogP contribution in [0.5, 0.6) is 0 Å². The quantitative estimate of drug-likeness (QED) is 0.268. The highest BCUT2D eigenvalue weighted by molar-refractivity contribution is 6.07. The van der Waals surface area contributed by atoms with Gasteiger partial charge >= 0.3 is 0 Å². The second kappa shape index (κ2) is 8.67. The number of nitrogens with zero attached hydrogens (tertiary/aromatic N) is 2. The van der Waals surface area contributed by atoms with Crippen molar-refractivity contribution in [1.82, 2.24) is 15.4 Å². The first kappa shape index (κ1) is 20.6. The summed E-state index contributed by atoms with van der Waals surface area (Å²) in [6.45, 7) is 2.11. The number of carbonyl (C=O) groups excluding carboxylic acids is 1. The van der Waals surface area contributed by atoms with E-state index in [2.05, 4.69) is 33.5 Å². The minimum absolute atomic E-state index is 0.324. The van der Waals surface area contributed by atoms with Gasteiger partial charge in [-0.2, -0.15) is 5.10 Å². The first-order valence-corrected chi connectivity index (χ1v) is 10.7. The van der Waals surface area contributed by atoms with E-state index in [0.29, 0.717) is 16.8 Å².